The summed E-state index contributed by atoms with van der Waals surface area (Å²) in [7, 11) is 3.39. The number of benzene rings is 1. The van der Waals surface area contributed by atoms with Crippen LogP contribution in [0.1, 0.15) is 13.8 Å². The highest BCUT2D eigenvalue weighted by molar-refractivity contribution is 5.52. The molecule has 17 heavy (non-hydrogen) atoms. The van der Waals surface area contributed by atoms with Crippen molar-refractivity contribution in [3.63, 3.8) is 0 Å². The number of hydrogen-bond donors (Lipinski definition) is 0. The van der Waals surface area contributed by atoms with Gasteiger partial charge in [-0.1, -0.05) is 26.0 Å². The molecule has 0 N–H and O–H groups in total. The molecule has 0 amide bonds. The Morgan fingerprint density at radius 3 is 2.35 bits per heavy atom. The molecule has 1 aromatic rings. The summed E-state index contributed by atoms with van der Waals surface area (Å²) in [5.74, 6) is 1.78. The van der Waals surface area contributed by atoms with E-state index in [-0.39, 0.29) is 5.41 Å². The van der Waals surface area contributed by atoms with Crippen LogP contribution in [0.5, 0.6) is 5.75 Å². The average Bonchev–Trinajstić information content (AvgIpc) is 2.42. The maximum absolute atomic E-state index is 5.37. The Balaban J connectivity index is 2.70. The Labute approximate surface area is 102 Å². The minimum atomic E-state index is -0.0283. The number of ether oxygens (including phenoxy) is 2. The molecule has 0 atom stereocenters. The number of allylic oxidation sites excluding steroid dienone is 2. The van der Waals surface area contributed by atoms with Crippen LogP contribution in [0, 0.1) is 5.41 Å². The minimum Gasteiger partial charge on any atom is -0.497 e. The zero-order valence-electron chi connectivity index (χ0n) is 10.8. The average molecular weight is 230 g/mol. The van der Waals surface area contributed by atoms with Gasteiger partial charge in [0, 0.05) is 5.41 Å². The molecule has 0 radical (unpaired) electrons. The lowest BCUT2D eigenvalue weighted by atomic mass is 9.92. The summed E-state index contributed by atoms with van der Waals surface area (Å²) >= 11 is 0. The Bertz CT molecular complexity index is 565. The highest BCUT2D eigenvalue weighted by atomic mass is 16.5. The zero-order valence-corrected chi connectivity index (χ0v) is 10.8. The van der Waals surface area contributed by atoms with E-state index in [1.54, 1.807) is 14.2 Å². The van der Waals surface area contributed by atoms with Gasteiger partial charge in [-0.25, -0.2) is 0 Å². The summed E-state index contributed by atoms with van der Waals surface area (Å²) in [4.78, 5) is 0. The van der Waals surface area contributed by atoms with Crippen LogP contribution in [-0.2, 0) is 4.74 Å². The third-order valence-corrected chi connectivity index (χ3v) is 2.87. The molecule has 0 saturated carbocycles. The SMILES string of the molecule is COC1=CC(C)(C)C=c2cc(OC)ccc2=C1. The molecule has 0 aliphatic heterocycles. The largest absolute Gasteiger partial charge is 0.497 e. The predicted octanol–water partition coefficient (Wildman–Crippen LogP) is 1.83. The van der Waals surface area contributed by atoms with Crippen molar-refractivity contribution in [1.29, 1.82) is 0 Å². The van der Waals surface area contributed by atoms with E-state index in [0.717, 1.165) is 16.7 Å². The molecule has 90 valence electrons. The van der Waals surface area contributed by atoms with Gasteiger partial charge in [0.1, 0.15) is 11.5 Å². The van der Waals surface area contributed by atoms with Crippen molar-refractivity contribution >= 4 is 12.2 Å². The monoisotopic (exact) mass is 230 g/mol. The van der Waals surface area contributed by atoms with Crippen LogP contribution in [0.3, 0.4) is 0 Å². The number of rotatable bonds is 2. The standard InChI is InChI=1S/C15H18O2/c1-15(2)9-12-8-13(16-3)6-5-11(12)7-14(10-15)17-4/h5-10H,1-4H3. The van der Waals surface area contributed by atoms with Gasteiger partial charge in [0.2, 0.25) is 0 Å². The molecule has 1 aliphatic carbocycles. The Morgan fingerprint density at radius 2 is 1.71 bits per heavy atom. The van der Waals surface area contributed by atoms with E-state index in [1.165, 1.54) is 5.22 Å². The van der Waals surface area contributed by atoms with Gasteiger partial charge in [-0.3, -0.25) is 0 Å². The van der Waals surface area contributed by atoms with Crippen molar-refractivity contribution in [2.24, 2.45) is 5.41 Å². The fraction of sp³-hybridized carbons (Fsp3) is 0.333. The lowest BCUT2D eigenvalue weighted by molar-refractivity contribution is 0.308. The van der Waals surface area contributed by atoms with Crippen molar-refractivity contribution < 1.29 is 9.47 Å². The second-order valence-electron chi connectivity index (χ2n) is 4.86. The van der Waals surface area contributed by atoms with Gasteiger partial charge in [-0.05, 0) is 34.7 Å². The van der Waals surface area contributed by atoms with Gasteiger partial charge in [-0.2, -0.15) is 0 Å². The molecule has 0 heterocycles. The van der Waals surface area contributed by atoms with Crippen LogP contribution in [-0.4, -0.2) is 14.2 Å². The van der Waals surface area contributed by atoms with Gasteiger partial charge >= 0.3 is 0 Å². The highest BCUT2D eigenvalue weighted by Gasteiger charge is 2.14. The van der Waals surface area contributed by atoms with E-state index < -0.39 is 0 Å². The highest BCUT2D eigenvalue weighted by Crippen LogP contribution is 2.23. The van der Waals surface area contributed by atoms with E-state index in [4.69, 9.17) is 9.47 Å². The van der Waals surface area contributed by atoms with Gasteiger partial charge in [0.25, 0.3) is 0 Å². The first-order valence-corrected chi connectivity index (χ1v) is 5.69. The predicted molar refractivity (Wildman–Crippen MR) is 70.0 cm³/mol. The molecule has 1 aromatic carbocycles. The molecule has 2 nitrogen and oxygen atoms in total. The van der Waals surface area contributed by atoms with Crippen LogP contribution in [0.4, 0.5) is 0 Å². The maximum Gasteiger partial charge on any atom is 0.119 e. The summed E-state index contributed by atoms with van der Waals surface area (Å²) in [6.07, 6.45) is 6.41. The first kappa shape index (κ1) is 11.8. The molecule has 0 unspecified atom stereocenters. The van der Waals surface area contributed by atoms with Crippen molar-refractivity contribution in [1.82, 2.24) is 0 Å². The van der Waals surface area contributed by atoms with Crippen LogP contribution < -0.4 is 15.2 Å². The molecule has 2 heteroatoms. The molecule has 0 spiro atoms. The zero-order chi connectivity index (χ0) is 12.5. The summed E-state index contributed by atoms with van der Waals surface area (Å²) in [5.41, 5.74) is -0.0283. The first-order chi connectivity index (χ1) is 8.04. The second-order valence-corrected chi connectivity index (χ2v) is 4.86. The third-order valence-electron chi connectivity index (χ3n) is 2.87. The lowest BCUT2D eigenvalue weighted by Crippen LogP contribution is -2.25. The van der Waals surface area contributed by atoms with Gasteiger partial charge in [0.05, 0.1) is 14.2 Å². The van der Waals surface area contributed by atoms with E-state index in [1.807, 2.05) is 6.07 Å². The van der Waals surface area contributed by atoms with E-state index in [2.05, 4.69) is 44.2 Å². The van der Waals surface area contributed by atoms with Crippen LogP contribution in [0.2, 0.25) is 0 Å². The fourth-order valence-corrected chi connectivity index (χ4v) is 2.06. The summed E-state index contributed by atoms with van der Waals surface area (Å²) in [6, 6.07) is 6.08. The van der Waals surface area contributed by atoms with Crippen LogP contribution in [0.25, 0.3) is 12.2 Å². The summed E-state index contributed by atoms with van der Waals surface area (Å²) in [5, 5.41) is 2.34. The second kappa shape index (κ2) is 4.28. The maximum atomic E-state index is 5.37. The molecular weight excluding hydrogens is 212 g/mol. The van der Waals surface area contributed by atoms with E-state index in [0.29, 0.717) is 0 Å². The molecule has 0 bridgehead atoms. The van der Waals surface area contributed by atoms with Crippen LogP contribution >= 0.6 is 0 Å². The van der Waals surface area contributed by atoms with Crippen molar-refractivity contribution in [2.75, 3.05) is 14.2 Å². The molecule has 2 rings (SSSR count). The number of fused-ring (bicyclic) bond motifs is 1. The topological polar surface area (TPSA) is 18.5 Å². The third kappa shape index (κ3) is 2.52. The molecule has 1 aliphatic rings. The Hall–Kier alpha value is -1.70. The van der Waals surface area contributed by atoms with Gasteiger partial charge in [-0.15, -0.1) is 0 Å². The van der Waals surface area contributed by atoms with E-state index in [9.17, 15) is 0 Å². The Kier molecular flexibility index (Phi) is 2.97. The number of methoxy groups -OCH3 is 2. The normalized spacial score (nSPS) is 16.8. The molecular formula is C15H18O2. The van der Waals surface area contributed by atoms with Gasteiger partial charge in [0.15, 0.2) is 0 Å². The molecule has 0 saturated heterocycles. The van der Waals surface area contributed by atoms with Crippen molar-refractivity contribution in [2.45, 2.75) is 13.8 Å². The van der Waals surface area contributed by atoms with Crippen molar-refractivity contribution in [3.05, 3.63) is 40.5 Å². The summed E-state index contributed by atoms with van der Waals surface area (Å²) in [6.45, 7) is 4.32. The quantitative estimate of drug-likeness (QED) is 0.771. The fourth-order valence-electron chi connectivity index (χ4n) is 2.06. The summed E-state index contributed by atoms with van der Waals surface area (Å²) < 4.78 is 10.6. The van der Waals surface area contributed by atoms with Crippen LogP contribution in [0.15, 0.2) is 30.0 Å². The van der Waals surface area contributed by atoms with Gasteiger partial charge < -0.3 is 9.47 Å². The smallest absolute Gasteiger partial charge is 0.119 e. The molecule has 0 fully saturated rings. The lowest BCUT2D eigenvalue weighted by Gasteiger charge is -2.14. The minimum absolute atomic E-state index is 0.0283. The molecule has 0 aromatic heterocycles. The Morgan fingerprint density at radius 1 is 0.941 bits per heavy atom. The number of hydrogen-bond acceptors (Lipinski definition) is 2. The van der Waals surface area contributed by atoms with E-state index >= 15 is 0 Å². The van der Waals surface area contributed by atoms with Crippen molar-refractivity contribution in [3.8, 4) is 5.75 Å². The first-order valence-electron chi connectivity index (χ1n) is 5.69.